The highest BCUT2D eigenvalue weighted by atomic mass is 19.3. The summed E-state index contributed by atoms with van der Waals surface area (Å²) in [7, 11) is 1.64. The largest absolute Gasteiger partial charge is 0.373 e. The lowest BCUT2D eigenvalue weighted by Crippen LogP contribution is -1.93. The van der Waals surface area contributed by atoms with Crippen LogP contribution in [-0.4, -0.2) is 12.0 Å². The van der Waals surface area contributed by atoms with Crippen LogP contribution in [0.2, 0.25) is 0 Å². The van der Waals surface area contributed by atoms with Crippen molar-refractivity contribution < 1.29 is 8.78 Å². The van der Waals surface area contributed by atoms with Gasteiger partial charge in [0.25, 0.3) is 6.43 Å². The van der Waals surface area contributed by atoms with Gasteiger partial charge in [-0.1, -0.05) is 0 Å². The molecule has 0 bridgehead atoms. The van der Waals surface area contributed by atoms with Crippen LogP contribution in [0.5, 0.6) is 0 Å². The quantitative estimate of drug-likeness (QED) is 0.712. The zero-order valence-corrected chi connectivity index (χ0v) is 6.01. The van der Waals surface area contributed by atoms with Gasteiger partial charge in [-0.3, -0.25) is 0 Å². The molecule has 1 N–H and O–H groups in total. The molecule has 2 nitrogen and oxygen atoms in total. The Kier molecular flexibility index (Phi) is 2.36. The Morgan fingerprint density at radius 1 is 1.55 bits per heavy atom. The number of rotatable bonds is 2. The molecule has 0 fully saturated rings. The second kappa shape index (κ2) is 3.27. The zero-order valence-electron chi connectivity index (χ0n) is 6.01. The van der Waals surface area contributed by atoms with Gasteiger partial charge >= 0.3 is 0 Å². The van der Waals surface area contributed by atoms with Crippen molar-refractivity contribution in [2.45, 2.75) is 6.43 Å². The monoisotopic (exact) mass is 158 g/mol. The number of anilines is 1. The summed E-state index contributed by atoms with van der Waals surface area (Å²) < 4.78 is 24.1. The summed E-state index contributed by atoms with van der Waals surface area (Å²) in [5.74, 6) is 0.461. The molecule has 1 heterocycles. The second-order valence-electron chi connectivity index (χ2n) is 2.03. The molecule has 0 aliphatic rings. The molecule has 0 aliphatic heterocycles. The Balaban J connectivity index is 2.91. The van der Waals surface area contributed by atoms with Gasteiger partial charge in [-0.15, -0.1) is 0 Å². The van der Waals surface area contributed by atoms with Gasteiger partial charge < -0.3 is 5.32 Å². The molecule has 0 saturated carbocycles. The topological polar surface area (TPSA) is 24.9 Å². The smallest absolute Gasteiger partial charge is 0.264 e. The molecule has 0 amide bonds. The minimum absolute atomic E-state index is 0.00986. The van der Waals surface area contributed by atoms with Crippen LogP contribution in [0.1, 0.15) is 12.0 Å². The van der Waals surface area contributed by atoms with Gasteiger partial charge in [-0.05, 0) is 12.1 Å². The molecule has 0 spiro atoms. The molecule has 0 radical (unpaired) electrons. The third kappa shape index (κ3) is 1.86. The summed E-state index contributed by atoms with van der Waals surface area (Å²) in [6.07, 6.45) is -1.07. The Bertz CT molecular complexity index is 238. The Morgan fingerprint density at radius 3 is 2.82 bits per heavy atom. The molecule has 1 aromatic rings. The van der Waals surface area contributed by atoms with E-state index in [0.717, 1.165) is 0 Å². The van der Waals surface area contributed by atoms with E-state index in [0.29, 0.717) is 5.82 Å². The second-order valence-corrected chi connectivity index (χ2v) is 2.03. The SMILES string of the molecule is CNc1cc(C(F)F)ccn1. The Labute approximate surface area is 63.3 Å². The lowest BCUT2D eigenvalue weighted by Gasteiger charge is -2.01. The van der Waals surface area contributed by atoms with Gasteiger partial charge in [0, 0.05) is 18.8 Å². The third-order valence-corrected chi connectivity index (χ3v) is 1.29. The number of halogens is 2. The van der Waals surface area contributed by atoms with Crippen molar-refractivity contribution in [3.8, 4) is 0 Å². The minimum Gasteiger partial charge on any atom is -0.373 e. The standard InChI is InChI=1S/C7H8F2N2/c1-10-6-4-5(7(8)9)2-3-11-6/h2-4,7H,1H3,(H,10,11). The molecule has 60 valence electrons. The summed E-state index contributed by atoms with van der Waals surface area (Å²) in [6, 6.07) is 2.62. The average Bonchev–Trinajstić information content (AvgIpc) is 2.05. The number of hydrogen-bond acceptors (Lipinski definition) is 2. The van der Waals surface area contributed by atoms with Crippen molar-refractivity contribution in [2.24, 2.45) is 0 Å². The summed E-state index contributed by atoms with van der Waals surface area (Å²) in [5, 5.41) is 2.68. The van der Waals surface area contributed by atoms with E-state index in [9.17, 15) is 8.78 Å². The first-order valence-corrected chi connectivity index (χ1v) is 3.16. The van der Waals surface area contributed by atoms with Crippen LogP contribution >= 0.6 is 0 Å². The van der Waals surface area contributed by atoms with Gasteiger partial charge in [0.05, 0.1) is 0 Å². The van der Waals surface area contributed by atoms with Gasteiger partial charge in [0.2, 0.25) is 0 Å². The number of nitrogens with one attached hydrogen (secondary N) is 1. The third-order valence-electron chi connectivity index (χ3n) is 1.29. The molecule has 0 aromatic carbocycles. The van der Waals surface area contributed by atoms with Crippen molar-refractivity contribution in [1.29, 1.82) is 0 Å². The van der Waals surface area contributed by atoms with Crippen molar-refractivity contribution in [3.63, 3.8) is 0 Å². The molecular formula is C7H8F2N2. The van der Waals surface area contributed by atoms with Crippen molar-refractivity contribution >= 4 is 5.82 Å². The molecular weight excluding hydrogens is 150 g/mol. The van der Waals surface area contributed by atoms with E-state index in [-0.39, 0.29) is 5.56 Å². The maximum absolute atomic E-state index is 12.0. The lowest BCUT2D eigenvalue weighted by molar-refractivity contribution is 0.151. The van der Waals surface area contributed by atoms with E-state index in [4.69, 9.17) is 0 Å². The van der Waals surface area contributed by atoms with Crippen molar-refractivity contribution in [2.75, 3.05) is 12.4 Å². The summed E-state index contributed by atoms with van der Waals surface area (Å²) in [4.78, 5) is 3.80. The minimum atomic E-state index is -2.43. The van der Waals surface area contributed by atoms with Crippen LogP contribution < -0.4 is 5.32 Å². The highest BCUT2D eigenvalue weighted by Crippen LogP contribution is 2.19. The van der Waals surface area contributed by atoms with Crippen molar-refractivity contribution in [3.05, 3.63) is 23.9 Å². The van der Waals surface area contributed by atoms with E-state index in [1.165, 1.54) is 18.3 Å². The first kappa shape index (κ1) is 7.91. The van der Waals surface area contributed by atoms with E-state index < -0.39 is 6.43 Å². The molecule has 1 rings (SSSR count). The zero-order chi connectivity index (χ0) is 8.27. The molecule has 4 heteroatoms. The maximum atomic E-state index is 12.0. The van der Waals surface area contributed by atoms with Crippen LogP contribution in [0.15, 0.2) is 18.3 Å². The fraction of sp³-hybridized carbons (Fsp3) is 0.286. The van der Waals surface area contributed by atoms with Crippen LogP contribution in [0.3, 0.4) is 0 Å². The molecule has 0 aliphatic carbocycles. The predicted molar refractivity (Wildman–Crippen MR) is 38.7 cm³/mol. The predicted octanol–water partition coefficient (Wildman–Crippen LogP) is 2.06. The molecule has 0 atom stereocenters. The highest BCUT2D eigenvalue weighted by molar-refractivity contribution is 5.36. The van der Waals surface area contributed by atoms with E-state index >= 15 is 0 Å². The average molecular weight is 158 g/mol. The van der Waals surface area contributed by atoms with Gasteiger partial charge in [0.15, 0.2) is 0 Å². The molecule has 1 aromatic heterocycles. The Hall–Kier alpha value is -1.19. The molecule has 0 unspecified atom stereocenters. The van der Waals surface area contributed by atoms with Crippen LogP contribution in [0, 0.1) is 0 Å². The van der Waals surface area contributed by atoms with E-state index in [1.807, 2.05) is 0 Å². The van der Waals surface area contributed by atoms with Crippen LogP contribution in [-0.2, 0) is 0 Å². The number of pyridine rings is 1. The molecule has 11 heavy (non-hydrogen) atoms. The molecule has 0 saturated heterocycles. The Morgan fingerprint density at radius 2 is 2.27 bits per heavy atom. The summed E-state index contributed by atoms with van der Waals surface area (Å²) in [5.41, 5.74) is -0.00986. The van der Waals surface area contributed by atoms with Gasteiger partial charge in [-0.25, -0.2) is 13.8 Å². The van der Waals surface area contributed by atoms with E-state index in [2.05, 4.69) is 10.3 Å². The maximum Gasteiger partial charge on any atom is 0.264 e. The van der Waals surface area contributed by atoms with Crippen LogP contribution in [0.25, 0.3) is 0 Å². The normalized spacial score (nSPS) is 10.2. The fourth-order valence-electron chi connectivity index (χ4n) is 0.719. The first-order chi connectivity index (χ1) is 5.24. The fourth-order valence-corrected chi connectivity index (χ4v) is 0.719. The van der Waals surface area contributed by atoms with E-state index in [1.54, 1.807) is 7.05 Å². The number of aromatic nitrogens is 1. The lowest BCUT2D eigenvalue weighted by atomic mass is 10.3. The van der Waals surface area contributed by atoms with Crippen LogP contribution in [0.4, 0.5) is 14.6 Å². The summed E-state index contributed by atoms with van der Waals surface area (Å²) >= 11 is 0. The summed E-state index contributed by atoms with van der Waals surface area (Å²) in [6.45, 7) is 0. The van der Waals surface area contributed by atoms with Crippen molar-refractivity contribution in [1.82, 2.24) is 4.98 Å². The highest BCUT2D eigenvalue weighted by Gasteiger charge is 2.06. The van der Waals surface area contributed by atoms with Gasteiger partial charge in [-0.2, -0.15) is 0 Å². The van der Waals surface area contributed by atoms with Gasteiger partial charge in [0.1, 0.15) is 5.82 Å². The number of hydrogen-bond donors (Lipinski definition) is 1. The number of nitrogens with zero attached hydrogens (tertiary/aromatic N) is 1. The number of alkyl halides is 2. The first-order valence-electron chi connectivity index (χ1n) is 3.16.